The van der Waals surface area contributed by atoms with E-state index in [0.29, 0.717) is 29.1 Å². The molecule has 0 saturated carbocycles. The summed E-state index contributed by atoms with van der Waals surface area (Å²) in [6.07, 6.45) is 2.39. The third-order valence-electron chi connectivity index (χ3n) is 5.09. The molecule has 3 aromatic rings. The molecule has 0 aliphatic carbocycles. The van der Waals surface area contributed by atoms with Crippen LogP contribution < -0.4 is 10.2 Å². The average molecular weight is 437 g/mol. The number of hydrogen-bond acceptors (Lipinski definition) is 6. The number of aromatic nitrogens is 2. The zero-order chi connectivity index (χ0) is 21.6. The summed E-state index contributed by atoms with van der Waals surface area (Å²) in [6, 6.07) is 15.8. The maximum atomic E-state index is 12.2. The molecule has 1 amide bonds. The van der Waals surface area contributed by atoms with Gasteiger partial charge in [0.2, 0.25) is 0 Å². The summed E-state index contributed by atoms with van der Waals surface area (Å²) >= 11 is 1.52. The Kier molecular flexibility index (Phi) is 6.92. The fourth-order valence-corrected chi connectivity index (χ4v) is 4.19. The van der Waals surface area contributed by atoms with Gasteiger partial charge in [-0.1, -0.05) is 55.9 Å². The molecular weight excluding hydrogens is 408 g/mol. The summed E-state index contributed by atoms with van der Waals surface area (Å²) in [6.45, 7) is 6.81. The fourth-order valence-electron chi connectivity index (χ4n) is 3.44. The van der Waals surface area contributed by atoms with Gasteiger partial charge in [0.15, 0.2) is 10.9 Å². The lowest BCUT2D eigenvalue weighted by atomic mass is 10.1. The van der Waals surface area contributed by atoms with Crippen molar-refractivity contribution in [1.82, 2.24) is 15.3 Å². The molecule has 0 atom stereocenters. The van der Waals surface area contributed by atoms with E-state index in [2.05, 4.69) is 42.3 Å². The molecule has 1 N–H and O–H groups in total. The first-order valence-electron chi connectivity index (χ1n) is 10.8. The highest BCUT2D eigenvalue weighted by molar-refractivity contribution is 7.98. The van der Waals surface area contributed by atoms with Crippen molar-refractivity contribution in [1.29, 1.82) is 0 Å². The Hall–Kier alpha value is -2.80. The Bertz CT molecular complexity index is 1010. The van der Waals surface area contributed by atoms with E-state index in [0.717, 1.165) is 35.9 Å². The molecule has 6 nitrogen and oxygen atoms in total. The predicted octanol–water partition coefficient (Wildman–Crippen LogP) is 5.01. The van der Waals surface area contributed by atoms with Gasteiger partial charge in [0, 0.05) is 31.3 Å². The highest BCUT2D eigenvalue weighted by Crippen LogP contribution is 2.29. The van der Waals surface area contributed by atoms with E-state index >= 15 is 0 Å². The minimum absolute atomic E-state index is 0.177. The van der Waals surface area contributed by atoms with Crippen molar-refractivity contribution in [2.45, 2.75) is 37.6 Å². The van der Waals surface area contributed by atoms with Gasteiger partial charge in [-0.2, -0.15) is 0 Å². The quantitative estimate of drug-likeness (QED) is 0.395. The van der Waals surface area contributed by atoms with Crippen LogP contribution in [0.25, 0.3) is 11.3 Å². The summed E-state index contributed by atoms with van der Waals surface area (Å²) in [5.41, 5.74) is 2.00. The average Bonchev–Trinajstić information content (AvgIpc) is 3.49. The van der Waals surface area contributed by atoms with Gasteiger partial charge in [-0.3, -0.25) is 4.79 Å². The van der Waals surface area contributed by atoms with Crippen molar-refractivity contribution in [3.8, 4) is 11.3 Å². The van der Waals surface area contributed by atoms with Gasteiger partial charge in [0.25, 0.3) is 5.91 Å². The fraction of sp³-hybridized carbons (Fsp3) is 0.375. The van der Waals surface area contributed by atoms with Crippen molar-refractivity contribution < 1.29 is 9.21 Å². The molecule has 1 fully saturated rings. The lowest BCUT2D eigenvalue weighted by molar-refractivity contribution is 0.0920. The van der Waals surface area contributed by atoms with Gasteiger partial charge < -0.3 is 14.6 Å². The van der Waals surface area contributed by atoms with Crippen LogP contribution in [0.3, 0.4) is 0 Å². The van der Waals surface area contributed by atoms with Crippen LogP contribution in [0, 0.1) is 5.92 Å². The number of nitrogens with one attached hydrogen (secondary N) is 1. The Balaban J connectivity index is 1.49. The largest absolute Gasteiger partial charge is 0.455 e. The van der Waals surface area contributed by atoms with Gasteiger partial charge >= 0.3 is 0 Å². The lowest BCUT2D eigenvalue weighted by Crippen LogP contribution is -2.26. The SMILES string of the molecule is CC(C)CNC(=O)c1ccc(CSc2nc(-c3ccccc3)cc(N3CCCC3)n2)o1. The molecule has 3 heterocycles. The summed E-state index contributed by atoms with van der Waals surface area (Å²) in [5.74, 6) is 2.83. The minimum Gasteiger partial charge on any atom is -0.455 e. The number of nitrogens with zero attached hydrogens (tertiary/aromatic N) is 3. The molecule has 162 valence electrons. The number of benzene rings is 1. The monoisotopic (exact) mass is 436 g/mol. The maximum Gasteiger partial charge on any atom is 0.287 e. The Morgan fingerprint density at radius 3 is 2.65 bits per heavy atom. The number of thioether (sulfide) groups is 1. The second kappa shape index (κ2) is 10.0. The van der Waals surface area contributed by atoms with E-state index < -0.39 is 0 Å². The second-order valence-corrected chi connectivity index (χ2v) is 9.06. The number of amides is 1. The zero-order valence-electron chi connectivity index (χ0n) is 18.0. The summed E-state index contributed by atoms with van der Waals surface area (Å²) in [4.78, 5) is 24.1. The molecule has 0 spiro atoms. The molecule has 1 aromatic carbocycles. The number of carbonyl (C=O) groups is 1. The van der Waals surface area contributed by atoms with Crippen molar-refractivity contribution in [2.24, 2.45) is 5.92 Å². The van der Waals surface area contributed by atoms with Gasteiger partial charge in [0.05, 0.1) is 11.4 Å². The van der Waals surface area contributed by atoms with Crippen molar-refractivity contribution in [2.75, 3.05) is 24.5 Å². The van der Waals surface area contributed by atoms with E-state index in [4.69, 9.17) is 14.4 Å². The molecule has 0 bridgehead atoms. The van der Waals surface area contributed by atoms with Gasteiger partial charge in [0.1, 0.15) is 11.6 Å². The predicted molar refractivity (Wildman–Crippen MR) is 124 cm³/mol. The Morgan fingerprint density at radius 1 is 1.13 bits per heavy atom. The number of hydrogen-bond donors (Lipinski definition) is 1. The molecule has 2 aromatic heterocycles. The molecule has 0 radical (unpaired) electrons. The Labute approximate surface area is 187 Å². The molecule has 1 saturated heterocycles. The minimum atomic E-state index is -0.177. The molecule has 1 aliphatic rings. The van der Waals surface area contributed by atoms with E-state index in [1.807, 2.05) is 24.3 Å². The zero-order valence-corrected chi connectivity index (χ0v) is 18.8. The summed E-state index contributed by atoms with van der Waals surface area (Å²) in [7, 11) is 0. The van der Waals surface area contributed by atoms with Gasteiger partial charge in [-0.15, -0.1) is 0 Å². The van der Waals surface area contributed by atoms with Crippen LogP contribution >= 0.6 is 11.8 Å². The van der Waals surface area contributed by atoms with E-state index in [1.54, 1.807) is 6.07 Å². The van der Waals surface area contributed by atoms with Crippen molar-refractivity contribution in [3.05, 3.63) is 60.1 Å². The standard InChI is InChI=1S/C24H28N4O2S/c1-17(2)15-25-23(29)21-11-10-19(30-21)16-31-24-26-20(18-8-4-3-5-9-18)14-22(27-24)28-12-6-7-13-28/h3-5,8-11,14,17H,6-7,12-13,15-16H2,1-2H3,(H,25,29). The third-order valence-corrected chi connectivity index (χ3v) is 5.96. The molecule has 7 heteroatoms. The molecular formula is C24H28N4O2S. The maximum absolute atomic E-state index is 12.2. The third kappa shape index (κ3) is 5.67. The molecule has 1 aliphatic heterocycles. The van der Waals surface area contributed by atoms with Crippen LogP contribution in [0.15, 0.2) is 58.1 Å². The lowest BCUT2D eigenvalue weighted by Gasteiger charge is -2.18. The topological polar surface area (TPSA) is 71.3 Å². The van der Waals surface area contributed by atoms with Gasteiger partial charge in [-0.25, -0.2) is 9.97 Å². The normalized spacial score (nSPS) is 13.7. The number of anilines is 1. The van der Waals surface area contributed by atoms with Crippen LogP contribution in [-0.2, 0) is 5.75 Å². The van der Waals surface area contributed by atoms with Crippen LogP contribution in [-0.4, -0.2) is 35.5 Å². The first-order chi connectivity index (χ1) is 15.1. The van der Waals surface area contributed by atoms with Crippen LogP contribution in [0.4, 0.5) is 5.82 Å². The van der Waals surface area contributed by atoms with Crippen LogP contribution in [0.2, 0.25) is 0 Å². The molecule has 0 unspecified atom stereocenters. The smallest absolute Gasteiger partial charge is 0.287 e. The number of rotatable bonds is 8. The van der Waals surface area contributed by atoms with Crippen LogP contribution in [0.5, 0.6) is 0 Å². The summed E-state index contributed by atoms with van der Waals surface area (Å²) in [5, 5.41) is 3.59. The first kappa shape index (κ1) is 21.4. The van der Waals surface area contributed by atoms with E-state index in [1.165, 1.54) is 24.6 Å². The second-order valence-electron chi connectivity index (χ2n) is 8.11. The highest BCUT2D eigenvalue weighted by Gasteiger charge is 2.17. The summed E-state index contributed by atoms with van der Waals surface area (Å²) < 4.78 is 5.75. The molecule has 4 rings (SSSR count). The highest BCUT2D eigenvalue weighted by atomic mass is 32.2. The number of carbonyl (C=O) groups excluding carboxylic acids is 1. The van der Waals surface area contributed by atoms with Crippen molar-refractivity contribution >= 4 is 23.5 Å². The van der Waals surface area contributed by atoms with Crippen molar-refractivity contribution in [3.63, 3.8) is 0 Å². The van der Waals surface area contributed by atoms with E-state index in [-0.39, 0.29) is 5.91 Å². The van der Waals surface area contributed by atoms with Gasteiger partial charge in [-0.05, 0) is 30.9 Å². The van der Waals surface area contributed by atoms with E-state index in [9.17, 15) is 4.79 Å². The Morgan fingerprint density at radius 2 is 1.90 bits per heavy atom. The van der Waals surface area contributed by atoms with Crippen LogP contribution in [0.1, 0.15) is 43.0 Å². The molecule has 31 heavy (non-hydrogen) atoms. The first-order valence-corrected chi connectivity index (χ1v) is 11.8. The number of furan rings is 1.